The molecule has 2 N–H and O–H groups in total. The molecule has 0 spiro atoms. The fourth-order valence-corrected chi connectivity index (χ4v) is 1.40. The van der Waals surface area contributed by atoms with E-state index in [1.807, 2.05) is 12.1 Å². The molecule has 1 radical (unpaired) electrons. The number of aromatic nitrogens is 1. The summed E-state index contributed by atoms with van der Waals surface area (Å²) < 4.78 is 0. The van der Waals surface area contributed by atoms with Crippen molar-refractivity contribution in [1.82, 2.24) is 4.98 Å². The fraction of sp³-hybridized carbons (Fsp3) is 0.273. The lowest BCUT2D eigenvalue weighted by Gasteiger charge is -2.00. The van der Waals surface area contributed by atoms with Crippen molar-refractivity contribution < 1.29 is 0 Å². The van der Waals surface area contributed by atoms with Crippen LogP contribution in [0.5, 0.6) is 0 Å². The molecule has 0 aliphatic carbocycles. The van der Waals surface area contributed by atoms with Crippen molar-refractivity contribution >= 4 is 16.6 Å². The number of para-hydroxylation sites is 1. The lowest BCUT2D eigenvalue weighted by molar-refractivity contribution is 0.981. The van der Waals surface area contributed by atoms with Crippen LogP contribution in [0.3, 0.4) is 0 Å². The Morgan fingerprint density at radius 3 is 3.08 bits per heavy atom. The summed E-state index contributed by atoms with van der Waals surface area (Å²) in [6.45, 7) is 3.15. The highest BCUT2D eigenvalue weighted by Gasteiger charge is 2.00. The topological polar surface area (TPSA) is 27.8 Å². The van der Waals surface area contributed by atoms with Gasteiger partial charge in [-0.25, -0.2) is 0 Å². The second kappa shape index (κ2) is 3.52. The SMILES string of the molecule is CCCNc1[c][nH]c2ccccc12. The Morgan fingerprint density at radius 2 is 2.23 bits per heavy atom. The number of benzene rings is 1. The highest BCUT2D eigenvalue weighted by atomic mass is 14.9. The summed E-state index contributed by atoms with van der Waals surface area (Å²) in [7, 11) is 0. The Bertz CT molecular complexity index is 390. The van der Waals surface area contributed by atoms with E-state index < -0.39 is 0 Å². The molecule has 0 bridgehead atoms. The van der Waals surface area contributed by atoms with Gasteiger partial charge in [0.25, 0.3) is 0 Å². The van der Waals surface area contributed by atoms with Crippen LogP contribution in [0.25, 0.3) is 10.9 Å². The maximum atomic E-state index is 3.33. The fourth-order valence-electron chi connectivity index (χ4n) is 1.40. The third-order valence-electron chi connectivity index (χ3n) is 2.07. The minimum absolute atomic E-state index is 0.998. The summed E-state index contributed by atoms with van der Waals surface area (Å²) in [5, 5.41) is 4.55. The Morgan fingerprint density at radius 1 is 1.38 bits per heavy atom. The highest BCUT2D eigenvalue weighted by Crippen LogP contribution is 2.21. The molecule has 1 aromatic carbocycles. The van der Waals surface area contributed by atoms with Crippen LogP contribution in [0, 0.1) is 6.20 Å². The second-order valence-corrected chi connectivity index (χ2v) is 3.10. The van der Waals surface area contributed by atoms with Gasteiger partial charge in [0.1, 0.15) is 0 Å². The zero-order valence-corrected chi connectivity index (χ0v) is 7.72. The number of rotatable bonds is 3. The van der Waals surface area contributed by atoms with E-state index in [0.717, 1.165) is 24.2 Å². The van der Waals surface area contributed by atoms with Crippen LogP contribution in [0.2, 0.25) is 0 Å². The van der Waals surface area contributed by atoms with E-state index in [9.17, 15) is 0 Å². The molecular weight excluding hydrogens is 160 g/mol. The van der Waals surface area contributed by atoms with Crippen LogP contribution < -0.4 is 5.32 Å². The first-order valence-electron chi connectivity index (χ1n) is 4.64. The van der Waals surface area contributed by atoms with Gasteiger partial charge in [-0.3, -0.25) is 0 Å². The van der Waals surface area contributed by atoms with Crippen molar-refractivity contribution in [1.29, 1.82) is 0 Å². The van der Waals surface area contributed by atoms with Crippen LogP contribution in [-0.4, -0.2) is 11.5 Å². The van der Waals surface area contributed by atoms with E-state index >= 15 is 0 Å². The maximum Gasteiger partial charge on any atom is 0.0888 e. The number of anilines is 1. The predicted molar refractivity (Wildman–Crippen MR) is 55.9 cm³/mol. The van der Waals surface area contributed by atoms with E-state index in [1.54, 1.807) is 0 Å². The van der Waals surface area contributed by atoms with Gasteiger partial charge in [0.15, 0.2) is 0 Å². The number of aromatic amines is 1. The standard InChI is InChI=1S/C11H13N2/c1-2-7-12-11-8-13-10-6-4-3-5-9(10)11/h3-6,12-13H,2,7H2,1H3. The van der Waals surface area contributed by atoms with E-state index in [4.69, 9.17) is 0 Å². The first-order chi connectivity index (χ1) is 6.42. The van der Waals surface area contributed by atoms with Crippen LogP contribution >= 0.6 is 0 Å². The molecule has 0 saturated carbocycles. The monoisotopic (exact) mass is 173 g/mol. The minimum Gasteiger partial charge on any atom is -0.383 e. The number of H-pyrrole nitrogens is 1. The molecular formula is C11H13N2. The molecule has 1 aromatic heterocycles. The van der Waals surface area contributed by atoms with E-state index in [0.29, 0.717) is 0 Å². The van der Waals surface area contributed by atoms with Gasteiger partial charge in [-0.05, 0) is 12.5 Å². The zero-order chi connectivity index (χ0) is 9.10. The number of hydrogen-bond acceptors (Lipinski definition) is 1. The van der Waals surface area contributed by atoms with E-state index in [-0.39, 0.29) is 0 Å². The normalized spacial score (nSPS) is 10.5. The Labute approximate surface area is 78.0 Å². The largest absolute Gasteiger partial charge is 0.383 e. The van der Waals surface area contributed by atoms with Crippen LogP contribution in [0.1, 0.15) is 13.3 Å². The van der Waals surface area contributed by atoms with E-state index in [1.165, 1.54) is 5.39 Å². The molecule has 2 aromatic rings. The van der Waals surface area contributed by atoms with Gasteiger partial charge in [-0.1, -0.05) is 25.1 Å². The molecule has 67 valence electrons. The van der Waals surface area contributed by atoms with Gasteiger partial charge in [0, 0.05) is 17.4 Å². The van der Waals surface area contributed by atoms with Gasteiger partial charge in [0.2, 0.25) is 0 Å². The van der Waals surface area contributed by atoms with Crippen LogP contribution in [0.15, 0.2) is 24.3 Å². The summed E-state index contributed by atoms with van der Waals surface area (Å²) in [6.07, 6.45) is 4.24. The average Bonchev–Trinajstić information content (AvgIpc) is 2.58. The van der Waals surface area contributed by atoms with Crippen molar-refractivity contribution in [3.05, 3.63) is 30.5 Å². The van der Waals surface area contributed by atoms with Crippen molar-refractivity contribution in [3.63, 3.8) is 0 Å². The van der Waals surface area contributed by atoms with Gasteiger partial charge in [-0.2, -0.15) is 0 Å². The molecule has 0 amide bonds. The summed E-state index contributed by atoms with van der Waals surface area (Å²) in [4.78, 5) is 3.11. The summed E-state index contributed by atoms with van der Waals surface area (Å²) >= 11 is 0. The van der Waals surface area contributed by atoms with Crippen LogP contribution in [0.4, 0.5) is 5.69 Å². The molecule has 0 unspecified atom stereocenters. The molecule has 0 aliphatic rings. The van der Waals surface area contributed by atoms with Crippen molar-refractivity contribution in [2.75, 3.05) is 11.9 Å². The molecule has 2 nitrogen and oxygen atoms in total. The molecule has 13 heavy (non-hydrogen) atoms. The van der Waals surface area contributed by atoms with Crippen LogP contribution in [-0.2, 0) is 0 Å². The average molecular weight is 173 g/mol. The molecule has 0 fully saturated rings. The van der Waals surface area contributed by atoms with Crippen molar-refractivity contribution in [2.24, 2.45) is 0 Å². The molecule has 0 saturated heterocycles. The highest BCUT2D eigenvalue weighted by molar-refractivity contribution is 5.91. The van der Waals surface area contributed by atoms with E-state index in [2.05, 4.69) is 35.6 Å². The van der Waals surface area contributed by atoms with Gasteiger partial charge >= 0.3 is 0 Å². The first-order valence-corrected chi connectivity index (χ1v) is 4.64. The smallest absolute Gasteiger partial charge is 0.0888 e. The molecule has 1 heterocycles. The van der Waals surface area contributed by atoms with Crippen molar-refractivity contribution in [3.8, 4) is 0 Å². The van der Waals surface area contributed by atoms with Crippen molar-refractivity contribution in [2.45, 2.75) is 13.3 Å². The third-order valence-corrected chi connectivity index (χ3v) is 2.07. The first kappa shape index (κ1) is 8.17. The zero-order valence-electron chi connectivity index (χ0n) is 7.72. The molecule has 2 rings (SSSR count). The third kappa shape index (κ3) is 1.52. The predicted octanol–water partition coefficient (Wildman–Crippen LogP) is 2.79. The summed E-state index contributed by atoms with van der Waals surface area (Å²) in [5.41, 5.74) is 2.22. The summed E-state index contributed by atoms with van der Waals surface area (Å²) in [6, 6.07) is 8.22. The Hall–Kier alpha value is -1.44. The maximum absolute atomic E-state index is 3.33. The van der Waals surface area contributed by atoms with Gasteiger partial charge in [0.05, 0.1) is 11.9 Å². The number of nitrogens with one attached hydrogen (secondary N) is 2. The minimum atomic E-state index is 0.998. The quantitative estimate of drug-likeness (QED) is 0.733. The second-order valence-electron chi connectivity index (χ2n) is 3.10. The number of hydrogen-bond donors (Lipinski definition) is 2. The summed E-state index contributed by atoms with van der Waals surface area (Å²) in [5.74, 6) is 0. The van der Waals surface area contributed by atoms with Gasteiger partial charge in [-0.15, -0.1) is 0 Å². The van der Waals surface area contributed by atoms with Gasteiger partial charge < -0.3 is 10.3 Å². The molecule has 0 atom stereocenters. The Kier molecular flexibility index (Phi) is 2.21. The Balaban J connectivity index is 2.35. The number of fused-ring (bicyclic) bond motifs is 1. The molecule has 0 aliphatic heterocycles. The lowest BCUT2D eigenvalue weighted by Crippen LogP contribution is -1.98. The molecule has 2 heteroatoms. The lowest BCUT2D eigenvalue weighted by atomic mass is 10.2.